The van der Waals surface area contributed by atoms with Crippen LogP contribution in [0.4, 0.5) is 10.5 Å². The van der Waals surface area contributed by atoms with Gasteiger partial charge < -0.3 is 10.1 Å². The van der Waals surface area contributed by atoms with E-state index in [-0.39, 0.29) is 12.0 Å². The number of anilines is 1. The van der Waals surface area contributed by atoms with Crippen molar-refractivity contribution in [3.05, 3.63) is 24.3 Å². The maximum atomic E-state index is 12.7. The van der Waals surface area contributed by atoms with E-state index in [1.807, 2.05) is 13.8 Å². The topological polar surface area (TPSA) is 96.0 Å². The van der Waals surface area contributed by atoms with Gasteiger partial charge in [-0.2, -0.15) is 0 Å². The lowest BCUT2D eigenvalue weighted by Gasteiger charge is -2.34. The van der Waals surface area contributed by atoms with Gasteiger partial charge in [0.2, 0.25) is 5.91 Å². The van der Waals surface area contributed by atoms with E-state index < -0.39 is 30.3 Å². The number of urea groups is 1. The first kappa shape index (κ1) is 19.9. The van der Waals surface area contributed by atoms with Gasteiger partial charge in [-0.05, 0) is 37.8 Å². The minimum absolute atomic E-state index is 0.140. The van der Waals surface area contributed by atoms with Crippen LogP contribution in [0.3, 0.4) is 0 Å². The Bertz CT molecular complexity index is 794. The van der Waals surface area contributed by atoms with Gasteiger partial charge in [0, 0.05) is 6.04 Å². The maximum Gasteiger partial charge on any atom is 0.334 e. The van der Waals surface area contributed by atoms with Gasteiger partial charge in [0.25, 0.3) is 0 Å². The van der Waals surface area contributed by atoms with Gasteiger partial charge in [-0.25, -0.2) is 9.69 Å². The number of hydrogen-bond donors (Lipinski definition) is 1. The summed E-state index contributed by atoms with van der Waals surface area (Å²) >= 11 is 0. The molecule has 0 unspecified atom stereocenters. The van der Waals surface area contributed by atoms with Crippen molar-refractivity contribution in [2.75, 3.05) is 18.5 Å². The maximum absolute atomic E-state index is 12.7. The third-order valence-electron chi connectivity index (χ3n) is 5.24. The van der Waals surface area contributed by atoms with E-state index >= 15 is 0 Å². The van der Waals surface area contributed by atoms with Crippen molar-refractivity contribution in [2.45, 2.75) is 45.6 Å². The number of ether oxygens (including phenoxy) is 1. The number of hydrogen-bond acceptors (Lipinski definition) is 5. The summed E-state index contributed by atoms with van der Waals surface area (Å²) in [7, 11) is 0. The lowest BCUT2D eigenvalue weighted by molar-refractivity contribution is -0.145. The fraction of sp³-hybridized carbons (Fsp3) is 0.500. The number of carbonyl (C=O) groups excluding carboxylic acids is 4. The normalized spacial score (nSPS) is 22.6. The molecule has 8 heteroatoms. The summed E-state index contributed by atoms with van der Waals surface area (Å²) in [5, 5.41) is 2.64. The summed E-state index contributed by atoms with van der Waals surface area (Å²) in [4.78, 5) is 51.7. The molecule has 0 aromatic heterocycles. The highest BCUT2D eigenvalue weighted by Gasteiger charge is 2.49. The van der Waals surface area contributed by atoms with Gasteiger partial charge in [-0.3, -0.25) is 19.3 Å². The Hall–Kier alpha value is -2.90. The third-order valence-corrected chi connectivity index (χ3v) is 5.24. The number of nitrogens with one attached hydrogen (secondary N) is 1. The number of para-hydroxylation sites is 2. The van der Waals surface area contributed by atoms with Crippen LogP contribution in [0.15, 0.2) is 24.3 Å². The van der Waals surface area contributed by atoms with Crippen molar-refractivity contribution in [2.24, 2.45) is 5.92 Å². The van der Waals surface area contributed by atoms with E-state index in [0.29, 0.717) is 24.5 Å². The first-order valence-corrected chi connectivity index (χ1v) is 9.64. The molecule has 0 bridgehead atoms. The Kier molecular flexibility index (Phi) is 5.96. The van der Waals surface area contributed by atoms with Crippen LogP contribution in [0.1, 0.15) is 39.5 Å². The average Bonchev–Trinajstić information content (AvgIpc) is 2.88. The number of imide groups is 2. The molecule has 1 saturated carbocycles. The molecule has 1 N–H and O–H groups in total. The fourth-order valence-corrected chi connectivity index (χ4v) is 3.82. The second kappa shape index (κ2) is 8.41. The van der Waals surface area contributed by atoms with E-state index in [4.69, 9.17) is 4.74 Å². The zero-order chi connectivity index (χ0) is 20.3. The van der Waals surface area contributed by atoms with Crippen molar-refractivity contribution in [3.8, 4) is 5.75 Å². The summed E-state index contributed by atoms with van der Waals surface area (Å²) in [5.41, 5.74) is 0.442. The standard InChI is InChI=1S/C20H25N3O5/c1-3-28-16-11-7-5-9-14(16)21-17(24)12-22-18(25)19(26)23(20(22)27)15-10-6-4-8-13(15)2/h5,7,9,11,13,15H,3-4,6,8,10,12H2,1-2H3,(H,21,24)/t13-,15-/m1/s1. The molecule has 2 fully saturated rings. The minimum atomic E-state index is -0.948. The Morgan fingerprint density at radius 3 is 2.57 bits per heavy atom. The van der Waals surface area contributed by atoms with Gasteiger partial charge in [0.1, 0.15) is 12.3 Å². The van der Waals surface area contributed by atoms with E-state index in [0.717, 1.165) is 29.1 Å². The zero-order valence-corrected chi connectivity index (χ0v) is 16.1. The van der Waals surface area contributed by atoms with Crippen LogP contribution in [0.5, 0.6) is 5.75 Å². The van der Waals surface area contributed by atoms with Crippen LogP contribution >= 0.6 is 0 Å². The van der Waals surface area contributed by atoms with Crippen LogP contribution in [0, 0.1) is 5.92 Å². The van der Waals surface area contributed by atoms with Gasteiger partial charge in [-0.15, -0.1) is 0 Å². The van der Waals surface area contributed by atoms with Crippen molar-refractivity contribution in [3.63, 3.8) is 0 Å². The smallest absolute Gasteiger partial charge is 0.334 e. The van der Waals surface area contributed by atoms with E-state index in [1.165, 1.54) is 0 Å². The molecule has 0 radical (unpaired) electrons. The molecular weight excluding hydrogens is 362 g/mol. The quantitative estimate of drug-likeness (QED) is 0.597. The Labute approximate surface area is 163 Å². The van der Waals surface area contributed by atoms with Crippen LogP contribution in [0.25, 0.3) is 0 Å². The second-order valence-corrected chi connectivity index (χ2v) is 7.16. The van der Waals surface area contributed by atoms with E-state index in [9.17, 15) is 19.2 Å². The Balaban J connectivity index is 1.70. The number of amides is 5. The fourth-order valence-electron chi connectivity index (χ4n) is 3.82. The Morgan fingerprint density at radius 2 is 1.86 bits per heavy atom. The van der Waals surface area contributed by atoms with E-state index in [1.54, 1.807) is 24.3 Å². The molecule has 1 aromatic carbocycles. The van der Waals surface area contributed by atoms with Crippen molar-refractivity contribution < 1.29 is 23.9 Å². The number of rotatable bonds is 6. The molecule has 3 rings (SSSR count). The molecular formula is C20H25N3O5. The molecule has 2 atom stereocenters. The molecule has 5 amide bonds. The Morgan fingerprint density at radius 1 is 1.14 bits per heavy atom. The SMILES string of the molecule is CCOc1ccccc1NC(=O)CN1C(=O)C(=O)N([C@@H]2CCCC[C@H]2C)C1=O. The number of benzene rings is 1. The monoisotopic (exact) mass is 387 g/mol. The molecule has 28 heavy (non-hydrogen) atoms. The highest BCUT2D eigenvalue weighted by molar-refractivity contribution is 6.45. The van der Waals surface area contributed by atoms with Crippen molar-refractivity contribution >= 4 is 29.4 Å². The molecule has 150 valence electrons. The van der Waals surface area contributed by atoms with Crippen molar-refractivity contribution in [1.29, 1.82) is 0 Å². The predicted octanol–water partition coefficient (Wildman–Crippen LogP) is 2.39. The molecule has 1 aliphatic carbocycles. The molecule has 1 saturated heterocycles. The zero-order valence-electron chi connectivity index (χ0n) is 16.1. The second-order valence-electron chi connectivity index (χ2n) is 7.16. The third kappa shape index (κ3) is 3.85. The first-order valence-electron chi connectivity index (χ1n) is 9.64. The van der Waals surface area contributed by atoms with Gasteiger partial charge in [-0.1, -0.05) is 31.9 Å². The number of carbonyl (C=O) groups is 4. The van der Waals surface area contributed by atoms with Gasteiger partial charge in [0.05, 0.1) is 12.3 Å². The lowest BCUT2D eigenvalue weighted by Crippen LogP contribution is -2.46. The molecule has 0 spiro atoms. The van der Waals surface area contributed by atoms with Crippen LogP contribution in [0.2, 0.25) is 0 Å². The first-order chi connectivity index (χ1) is 13.4. The predicted molar refractivity (Wildman–Crippen MR) is 102 cm³/mol. The number of nitrogens with zero attached hydrogens (tertiary/aromatic N) is 2. The lowest BCUT2D eigenvalue weighted by atomic mass is 9.85. The summed E-state index contributed by atoms with van der Waals surface area (Å²) in [6.07, 6.45) is 3.56. The summed E-state index contributed by atoms with van der Waals surface area (Å²) < 4.78 is 5.45. The average molecular weight is 387 g/mol. The largest absolute Gasteiger partial charge is 0.492 e. The summed E-state index contributed by atoms with van der Waals surface area (Å²) in [5.74, 6) is -1.73. The molecule has 2 aliphatic rings. The van der Waals surface area contributed by atoms with Crippen LogP contribution in [-0.4, -0.2) is 52.7 Å². The molecule has 1 aliphatic heterocycles. The summed E-state index contributed by atoms with van der Waals surface area (Å²) in [6, 6.07) is 5.89. The molecule has 1 aromatic rings. The molecule has 8 nitrogen and oxygen atoms in total. The van der Waals surface area contributed by atoms with Gasteiger partial charge in [0.15, 0.2) is 0 Å². The summed E-state index contributed by atoms with van der Waals surface area (Å²) in [6.45, 7) is 3.72. The highest BCUT2D eigenvalue weighted by Crippen LogP contribution is 2.31. The minimum Gasteiger partial charge on any atom is -0.492 e. The highest BCUT2D eigenvalue weighted by atomic mass is 16.5. The molecule has 1 heterocycles. The van der Waals surface area contributed by atoms with Crippen LogP contribution < -0.4 is 10.1 Å². The van der Waals surface area contributed by atoms with Crippen molar-refractivity contribution in [1.82, 2.24) is 9.80 Å². The van der Waals surface area contributed by atoms with Gasteiger partial charge >= 0.3 is 17.8 Å². The van der Waals surface area contributed by atoms with Crippen LogP contribution in [-0.2, 0) is 14.4 Å². The van der Waals surface area contributed by atoms with E-state index in [2.05, 4.69) is 5.32 Å².